The van der Waals surface area contributed by atoms with Crippen LogP contribution in [0.4, 0.5) is 5.69 Å². The minimum atomic E-state index is -0.470. The van der Waals surface area contributed by atoms with Crippen molar-refractivity contribution in [2.24, 2.45) is 5.73 Å². The number of para-hydroxylation sites is 1. The summed E-state index contributed by atoms with van der Waals surface area (Å²) in [5, 5.41) is 3.99. The van der Waals surface area contributed by atoms with E-state index in [-0.39, 0.29) is 22.0 Å². The molecule has 0 aliphatic carbocycles. The number of hydrogen-bond donors (Lipinski definition) is 2. The minimum Gasteiger partial charge on any atom is -0.369 e. The first-order valence-corrected chi connectivity index (χ1v) is 8.74. The summed E-state index contributed by atoms with van der Waals surface area (Å²) >= 11 is 12.2. The van der Waals surface area contributed by atoms with Crippen molar-refractivity contribution in [3.63, 3.8) is 0 Å². The van der Waals surface area contributed by atoms with Gasteiger partial charge in [-0.05, 0) is 29.3 Å². The summed E-state index contributed by atoms with van der Waals surface area (Å²) in [4.78, 5) is 28.6. The number of anilines is 1. The van der Waals surface area contributed by atoms with E-state index in [4.69, 9.17) is 28.9 Å². The lowest BCUT2D eigenvalue weighted by Gasteiger charge is -2.13. The zero-order valence-electron chi connectivity index (χ0n) is 14.1. The quantitative estimate of drug-likeness (QED) is 0.663. The normalized spacial score (nSPS) is 10.6. The number of halogens is 2. The van der Waals surface area contributed by atoms with Gasteiger partial charge in [-0.1, -0.05) is 54.1 Å². The Bertz CT molecular complexity index is 1060. The van der Waals surface area contributed by atoms with Crippen molar-refractivity contribution in [2.45, 2.75) is 6.42 Å². The van der Waals surface area contributed by atoms with Gasteiger partial charge in [-0.3, -0.25) is 14.6 Å². The number of carbonyl (C=O) groups is 2. The lowest BCUT2D eigenvalue weighted by Crippen LogP contribution is -2.16. The Kier molecular flexibility index (Phi) is 5.44. The van der Waals surface area contributed by atoms with Gasteiger partial charge in [0.1, 0.15) is 0 Å². The smallest absolute Gasteiger partial charge is 0.258 e. The SMILES string of the molecule is C=Cc1cnc2c(NC(=O)c3c(Cl)cccc3Cl)cccc2c1CC(N)=O. The standard InChI is InChI=1S/C20H15Cl2N3O2/c1-2-11-10-24-19-12(13(11)9-17(23)26)5-3-8-16(19)25-20(27)18-14(21)6-4-7-15(18)22/h2-8,10H,1,9H2,(H2,23,26)(H,25,27). The van der Waals surface area contributed by atoms with Crippen LogP contribution >= 0.6 is 23.2 Å². The maximum atomic E-state index is 12.7. The molecule has 136 valence electrons. The van der Waals surface area contributed by atoms with E-state index in [0.29, 0.717) is 27.7 Å². The molecule has 3 aromatic rings. The van der Waals surface area contributed by atoms with Gasteiger partial charge in [0.2, 0.25) is 5.91 Å². The van der Waals surface area contributed by atoms with Gasteiger partial charge in [0.05, 0.1) is 33.2 Å². The van der Waals surface area contributed by atoms with Crippen LogP contribution in [0.5, 0.6) is 0 Å². The van der Waals surface area contributed by atoms with Crippen LogP contribution in [0.15, 0.2) is 49.2 Å². The van der Waals surface area contributed by atoms with Crippen molar-refractivity contribution in [1.29, 1.82) is 0 Å². The number of carbonyl (C=O) groups excluding carboxylic acids is 2. The molecule has 2 aromatic carbocycles. The maximum Gasteiger partial charge on any atom is 0.258 e. The molecule has 0 aliphatic heterocycles. The van der Waals surface area contributed by atoms with Gasteiger partial charge in [0, 0.05) is 11.6 Å². The van der Waals surface area contributed by atoms with Crippen LogP contribution in [0.2, 0.25) is 10.0 Å². The Morgan fingerprint density at radius 3 is 2.44 bits per heavy atom. The average molecular weight is 400 g/mol. The highest BCUT2D eigenvalue weighted by Crippen LogP contribution is 2.30. The average Bonchev–Trinajstić information content (AvgIpc) is 2.62. The first-order valence-electron chi connectivity index (χ1n) is 7.99. The summed E-state index contributed by atoms with van der Waals surface area (Å²) in [5.41, 5.74) is 7.95. The Labute approximate surface area is 165 Å². The fraction of sp³-hybridized carbons (Fsp3) is 0.0500. The predicted molar refractivity (Wildman–Crippen MR) is 109 cm³/mol. The molecule has 0 atom stereocenters. The number of benzene rings is 2. The van der Waals surface area contributed by atoms with Crippen LogP contribution < -0.4 is 11.1 Å². The maximum absolute atomic E-state index is 12.7. The van der Waals surface area contributed by atoms with Crippen LogP contribution in [-0.2, 0) is 11.2 Å². The monoisotopic (exact) mass is 399 g/mol. The van der Waals surface area contributed by atoms with Gasteiger partial charge in [-0.15, -0.1) is 0 Å². The second-order valence-corrected chi connectivity index (χ2v) is 6.61. The number of aromatic nitrogens is 1. The van der Waals surface area contributed by atoms with Crippen molar-refractivity contribution in [1.82, 2.24) is 4.98 Å². The minimum absolute atomic E-state index is 0.0358. The number of nitrogens with one attached hydrogen (secondary N) is 1. The van der Waals surface area contributed by atoms with E-state index in [1.807, 2.05) is 6.07 Å². The molecular weight excluding hydrogens is 385 g/mol. The van der Waals surface area contributed by atoms with Gasteiger partial charge in [0.15, 0.2) is 0 Å². The van der Waals surface area contributed by atoms with E-state index in [2.05, 4.69) is 16.9 Å². The highest BCUT2D eigenvalue weighted by molar-refractivity contribution is 6.40. The number of rotatable bonds is 5. The second-order valence-electron chi connectivity index (χ2n) is 5.79. The zero-order chi connectivity index (χ0) is 19.6. The topological polar surface area (TPSA) is 85.1 Å². The number of hydrogen-bond acceptors (Lipinski definition) is 3. The van der Waals surface area contributed by atoms with Crippen molar-refractivity contribution in [2.75, 3.05) is 5.32 Å². The molecule has 0 aliphatic rings. The third-order valence-electron chi connectivity index (χ3n) is 4.05. The van der Waals surface area contributed by atoms with Crippen LogP contribution in [0.25, 0.3) is 17.0 Å². The van der Waals surface area contributed by atoms with Crippen LogP contribution in [0.1, 0.15) is 21.5 Å². The van der Waals surface area contributed by atoms with Crippen LogP contribution in [0.3, 0.4) is 0 Å². The van der Waals surface area contributed by atoms with Crippen molar-refractivity contribution in [3.8, 4) is 0 Å². The van der Waals surface area contributed by atoms with E-state index in [9.17, 15) is 9.59 Å². The molecule has 0 spiro atoms. The molecule has 27 heavy (non-hydrogen) atoms. The highest BCUT2D eigenvalue weighted by Gasteiger charge is 2.17. The Morgan fingerprint density at radius 2 is 1.81 bits per heavy atom. The molecule has 0 radical (unpaired) electrons. The van der Waals surface area contributed by atoms with E-state index >= 15 is 0 Å². The van der Waals surface area contributed by atoms with Gasteiger partial charge in [-0.25, -0.2) is 0 Å². The molecule has 5 nitrogen and oxygen atoms in total. The van der Waals surface area contributed by atoms with Crippen molar-refractivity contribution >= 4 is 57.7 Å². The number of primary amides is 1. The second kappa shape index (κ2) is 7.78. The predicted octanol–water partition coefficient (Wildman–Crippen LogP) is 4.46. The molecule has 3 N–H and O–H groups in total. The molecule has 0 saturated heterocycles. The first kappa shape index (κ1) is 18.9. The molecule has 1 aromatic heterocycles. The lowest BCUT2D eigenvalue weighted by molar-refractivity contribution is -0.117. The van der Waals surface area contributed by atoms with Crippen molar-refractivity contribution in [3.05, 3.63) is 75.9 Å². The Hall–Kier alpha value is -2.89. The number of pyridine rings is 1. The van der Waals surface area contributed by atoms with Gasteiger partial charge >= 0.3 is 0 Å². The molecule has 2 amide bonds. The molecule has 0 saturated carbocycles. The van der Waals surface area contributed by atoms with E-state index in [0.717, 1.165) is 0 Å². The van der Waals surface area contributed by atoms with Crippen LogP contribution in [0, 0.1) is 0 Å². The van der Waals surface area contributed by atoms with E-state index in [1.165, 1.54) is 0 Å². The first-order chi connectivity index (χ1) is 12.9. The number of nitrogens with zero attached hydrogens (tertiary/aromatic N) is 1. The third kappa shape index (κ3) is 3.79. The lowest BCUT2D eigenvalue weighted by atomic mass is 9.99. The Balaban J connectivity index is 2.09. The summed E-state index contributed by atoms with van der Waals surface area (Å²) in [5.74, 6) is -0.924. The molecule has 7 heteroatoms. The van der Waals surface area contributed by atoms with Gasteiger partial charge in [0.25, 0.3) is 5.91 Å². The summed E-state index contributed by atoms with van der Waals surface area (Å²) < 4.78 is 0. The summed E-state index contributed by atoms with van der Waals surface area (Å²) in [6.07, 6.45) is 3.24. The van der Waals surface area contributed by atoms with Crippen molar-refractivity contribution < 1.29 is 9.59 Å². The van der Waals surface area contributed by atoms with E-state index < -0.39 is 11.8 Å². The molecule has 0 fully saturated rings. The third-order valence-corrected chi connectivity index (χ3v) is 4.68. The Morgan fingerprint density at radius 1 is 1.15 bits per heavy atom. The fourth-order valence-corrected chi connectivity index (χ4v) is 3.41. The largest absolute Gasteiger partial charge is 0.369 e. The summed E-state index contributed by atoms with van der Waals surface area (Å²) in [7, 11) is 0. The van der Waals surface area contributed by atoms with Crippen LogP contribution in [-0.4, -0.2) is 16.8 Å². The fourth-order valence-electron chi connectivity index (χ4n) is 2.84. The number of fused-ring (bicyclic) bond motifs is 1. The molecule has 0 bridgehead atoms. The molecule has 0 unspecified atom stereocenters. The summed E-state index contributed by atoms with van der Waals surface area (Å²) in [6, 6.07) is 10.1. The van der Waals surface area contributed by atoms with E-state index in [1.54, 1.807) is 42.6 Å². The highest BCUT2D eigenvalue weighted by atomic mass is 35.5. The number of amides is 2. The zero-order valence-corrected chi connectivity index (χ0v) is 15.6. The molecule has 1 heterocycles. The molecule has 3 rings (SSSR count). The van der Waals surface area contributed by atoms with Gasteiger partial charge in [-0.2, -0.15) is 0 Å². The summed E-state index contributed by atoms with van der Waals surface area (Å²) in [6.45, 7) is 3.74. The van der Waals surface area contributed by atoms with Gasteiger partial charge < -0.3 is 11.1 Å². The molecular formula is C20H15Cl2N3O2. The number of nitrogens with two attached hydrogens (primary N) is 1.